The summed E-state index contributed by atoms with van der Waals surface area (Å²) in [5, 5.41) is 19.6. The van der Waals surface area contributed by atoms with Crippen molar-refractivity contribution >= 4 is 18.1 Å². The van der Waals surface area contributed by atoms with E-state index < -0.39 is 16.8 Å². The number of hydrogen-bond acceptors (Lipinski definition) is 8. The number of ether oxygens (including phenoxy) is 2. The highest BCUT2D eigenvalue weighted by atomic mass is 16.6. The summed E-state index contributed by atoms with van der Waals surface area (Å²) in [7, 11) is 3.01. The molecule has 0 radical (unpaired) electrons. The summed E-state index contributed by atoms with van der Waals surface area (Å²) in [6, 6.07) is 5.04. The number of H-pyrrole nitrogens is 1. The van der Waals surface area contributed by atoms with Gasteiger partial charge in [-0.15, -0.1) is 5.10 Å². The Balaban J connectivity index is 2.03. The first kappa shape index (κ1) is 15.9. The number of hydrogen-bond donors (Lipinski definition) is 2. The van der Waals surface area contributed by atoms with Gasteiger partial charge in [-0.1, -0.05) is 5.10 Å². The number of hydrazone groups is 1. The Labute approximate surface area is 129 Å². The van der Waals surface area contributed by atoms with Crippen LogP contribution >= 0.6 is 0 Å². The number of carbonyl (C=O) groups excluding carboxylic acids is 1. The van der Waals surface area contributed by atoms with E-state index in [9.17, 15) is 14.9 Å². The molecule has 23 heavy (non-hydrogen) atoms. The number of nitro groups is 1. The van der Waals surface area contributed by atoms with Crippen molar-refractivity contribution in [2.75, 3.05) is 14.2 Å². The Bertz CT molecular complexity index is 756. The lowest BCUT2D eigenvalue weighted by molar-refractivity contribution is -0.394. The molecule has 0 aliphatic carbocycles. The largest absolute Gasteiger partial charge is 0.493 e. The zero-order valence-corrected chi connectivity index (χ0v) is 12.1. The fourth-order valence-corrected chi connectivity index (χ4v) is 1.59. The van der Waals surface area contributed by atoms with Gasteiger partial charge in [-0.05, 0) is 33.7 Å². The zero-order valence-electron chi connectivity index (χ0n) is 12.1. The summed E-state index contributed by atoms with van der Waals surface area (Å²) in [6.07, 6.45) is 1.36. The number of methoxy groups -OCH3 is 2. The van der Waals surface area contributed by atoms with Crippen LogP contribution < -0.4 is 14.9 Å². The lowest BCUT2D eigenvalue weighted by Gasteiger charge is -2.07. The standard InChI is InChI=1S/C12H12N6O5/c1-22-8-4-3-7(5-9(8)23-2)6-13-16-11(19)10-14-12(17-15-10)18(20)21/h3-6H,1-2H3,(H,16,19)(H,14,15,17)/b13-6+. The van der Waals surface area contributed by atoms with Crippen LogP contribution in [0.5, 0.6) is 11.5 Å². The summed E-state index contributed by atoms with van der Waals surface area (Å²) in [4.78, 5) is 24.7. The number of carbonyl (C=O) groups is 1. The number of amides is 1. The molecule has 11 nitrogen and oxygen atoms in total. The predicted octanol–water partition coefficient (Wildman–Crippen LogP) is 0.494. The van der Waals surface area contributed by atoms with E-state index in [1.165, 1.54) is 20.4 Å². The van der Waals surface area contributed by atoms with E-state index in [-0.39, 0.29) is 5.82 Å². The SMILES string of the molecule is COc1ccc(/C=N/NC(=O)c2n[nH]c([N+](=O)[O-])n2)cc1OC. The molecule has 0 atom stereocenters. The molecule has 1 aromatic heterocycles. The van der Waals surface area contributed by atoms with E-state index in [1.54, 1.807) is 18.2 Å². The van der Waals surface area contributed by atoms with Gasteiger partial charge in [0.05, 0.1) is 20.4 Å². The van der Waals surface area contributed by atoms with Crippen molar-refractivity contribution in [1.29, 1.82) is 0 Å². The Morgan fingerprint density at radius 2 is 2.13 bits per heavy atom. The molecule has 0 fully saturated rings. The third-order valence-electron chi connectivity index (χ3n) is 2.64. The van der Waals surface area contributed by atoms with Crippen molar-refractivity contribution in [2.45, 2.75) is 0 Å². The monoisotopic (exact) mass is 320 g/mol. The molecule has 0 saturated heterocycles. The maximum absolute atomic E-state index is 11.7. The average Bonchev–Trinajstić information content (AvgIpc) is 3.05. The number of aromatic nitrogens is 3. The van der Waals surface area contributed by atoms with E-state index in [4.69, 9.17) is 9.47 Å². The van der Waals surface area contributed by atoms with Crippen LogP contribution in [0.1, 0.15) is 16.2 Å². The quantitative estimate of drug-likeness (QED) is 0.447. The summed E-state index contributed by atoms with van der Waals surface area (Å²) in [6.45, 7) is 0. The Morgan fingerprint density at radius 1 is 1.39 bits per heavy atom. The van der Waals surface area contributed by atoms with Gasteiger partial charge in [0, 0.05) is 0 Å². The predicted molar refractivity (Wildman–Crippen MR) is 77.6 cm³/mol. The second kappa shape index (κ2) is 6.98. The fraction of sp³-hybridized carbons (Fsp3) is 0.167. The van der Waals surface area contributed by atoms with Gasteiger partial charge in [-0.2, -0.15) is 5.10 Å². The van der Waals surface area contributed by atoms with Crippen LogP contribution in [0, 0.1) is 10.1 Å². The first-order chi connectivity index (χ1) is 11.0. The summed E-state index contributed by atoms with van der Waals surface area (Å²) in [5.41, 5.74) is 2.80. The summed E-state index contributed by atoms with van der Waals surface area (Å²) in [5.74, 6) is -0.736. The van der Waals surface area contributed by atoms with Crippen molar-refractivity contribution in [3.8, 4) is 11.5 Å². The average molecular weight is 320 g/mol. The zero-order chi connectivity index (χ0) is 16.8. The Kier molecular flexibility index (Phi) is 4.82. The molecule has 0 saturated carbocycles. The normalized spacial score (nSPS) is 10.5. The van der Waals surface area contributed by atoms with Crippen LogP contribution in [0.25, 0.3) is 0 Å². The molecular formula is C12H12N6O5. The topological polar surface area (TPSA) is 145 Å². The van der Waals surface area contributed by atoms with Gasteiger partial charge in [0.25, 0.3) is 0 Å². The molecule has 11 heteroatoms. The van der Waals surface area contributed by atoms with Crippen molar-refractivity contribution in [3.63, 3.8) is 0 Å². The molecule has 0 aliphatic rings. The molecule has 1 heterocycles. The molecule has 120 valence electrons. The van der Waals surface area contributed by atoms with E-state index >= 15 is 0 Å². The molecule has 1 aromatic carbocycles. The number of nitrogens with zero attached hydrogens (tertiary/aromatic N) is 4. The van der Waals surface area contributed by atoms with E-state index in [2.05, 4.69) is 20.6 Å². The second-order valence-electron chi connectivity index (χ2n) is 4.05. The van der Waals surface area contributed by atoms with Crippen LogP contribution in [0.4, 0.5) is 5.95 Å². The first-order valence-electron chi connectivity index (χ1n) is 6.17. The molecule has 2 rings (SSSR count). The minimum absolute atomic E-state index is 0.388. The highest BCUT2D eigenvalue weighted by Gasteiger charge is 2.20. The van der Waals surface area contributed by atoms with Crippen molar-refractivity contribution in [3.05, 3.63) is 39.7 Å². The smallest absolute Gasteiger partial charge is 0.454 e. The van der Waals surface area contributed by atoms with Gasteiger partial charge in [0.2, 0.25) is 0 Å². The van der Waals surface area contributed by atoms with E-state index in [0.717, 1.165) is 0 Å². The Morgan fingerprint density at radius 3 is 2.74 bits per heavy atom. The lowest BCUT2D eigenvalue weighted by atomic mass is 10.2. The maximum atomic E-state index is 11.7. The van der Waals surface area contributed by atoms with Crippen LogP contribution in [-0.2, 0) is 0 Å². The van der Waals surface area contributed by atoms with E-state index in [0.29, 0.717) is 17.1 Å². The number of nitrogens with one attached hydrogen (secondary N) is 2. The molecule has 0 aliphatic heterocycles. The summed E-state index contributed by atoms with van der Waals surface area (Å²) >= 11 is 0. The summed E-state index contributed by atoms with van der Waals surface area (Å²) < 4.78 is 10.2. The molecule has 0 bridgehead atoms. The van der Waals surface area contributed by atoms with Gasteiger partial charge in [-0.25, -0.2) is 5.43 Å². The molecule has 0 unspecified atom stereocenters. The van der Waals surface area contributed by atoms with Crippen LogP contribution in [0.3, 0.4) is 0 Å². The highest BCUT2D eigenvalue weighted by molar-refractivity contribution is 5.91. The van der Waals surface area contributed by atoms with Crippen molar-refractivity contribution in [1.82, 2.24) is 20.6 Å². The number of aromatic amines is 1. The van der Waals surface area contributed by atoms with Gasteiger partial charge >= 0.3 is 17.7 Å². The highest BCUT2D eigenvalue weighted by Crippen LogP contribution is 2.26. The molecule has 1 amide bonds. The number of benzene rings is 1. The van der Waals surface area contributed by atoms with Gasteiger partial charge < -0.3 is 19.6 Å². The third kappa shape index (κ3) is 3.78. The lowest BCUT2D eigenvalue weighted by Crippen LogP contribution is -2.19. The fourth-order valence-electron chi connectivity index (χ4n) is 1.59. The molecular weight excluding hydrogens is 308 g/mol. The minimum Gasteiger partial charge on any atom is -0.493 e. The maximum Gasteiger partial charge on any atom is 0.454 e. The van der Waals surface area contributed by atoms with Crippen molar-refractivity contribution in [2.24, 2.45) is 5.10 Å². The van der Waals surface area contributed by atoms with Gasteiger partial charge in [-0.3, -0.25) is 4.79 Å². The van der Waals surface area contributed by atoms with Crippen molar-refractivity contribution < 1.29 is 19.2 Å². The van der Waals surface area contributed by atoms with Crippen LogP contribution in [0.2, 0.25) is 0 Å². The van der Waals surface area contributed by atoms with Crippen LogP contribution in [0.15, 0.2) is 23.3 Å². The molecule has 2 N–H and O–H groups in total. The van der Waals surface area contributed by atoms with Crippen LogP contribution in [-0.4, -0.2) is 46.4 Å². The number of rotatable bonds is 6. The van der Waals surface area contributed by atoms with Gasteiger partial charge in [0.1, 0.15) is 0 Å². The van der Waals surface area contributed by atoms with Gasteiger partial charge in [0.15, 0.2) is 11.5 Å². The molecule has 0 spiro atoms. The van der Waals surface area contributed by atoms with E-state index in [1.807, 2.05) is 5.10 Å². The Hall–Kier alpha value is -3.50. The minimum atomic E-state index is -0.795. The first-order valence-corrected chi connectivity index (χ1v) is 6.17. The third-order valence-corrected chi connectivity index (χ3v) is 2.64. The molecule has 2 aromatic rings. The second-order valence-corrected chi connectivity index (χ2v) is 4.05.